The molecule has 0 aromatic carbocycles. The zero-order valence-electron chi connectivity index (χ0n) is 9.28. The van der Waals surface area contributed by atoms with Crippen molar-refractivity contribution in [3.63, 3.8) is 0 Å². The lowest BCUT2D eigenvalue weighted by Crippen LogP contribution is -2.37. The Morgan fingerprint density at radius 3 is 1.71 bits per heavy atom. The molecule has 2 heterocycles. The van der Waals surface area contributed by atoms with E-state index < -0.39 is 45.0 Å². The van der Waals surface area contributed by atoms with Crippen molar-refractivity contribution in [3.8, 4) is 0 Å². The van der Waals surface area contributed by atoms with E-state index in [1.165, 1.54) is 0 Å². The molecule has 2 aromatic heterocycles. The monoisotopic (exact) mass is 336 g/mol. The Kier molecular flexibility index (Phi) is 3.19. The fraction of sp³-hybridized carbons (Fsp3) is 0.333. The fourth-order valence-corrected chi connectivity index (χ4v) is 1.53. The van der Waals surface area contributed by atoms with Gasteiger partial charge < -0.3 is 4.98 Å². The van der Waals surface area contributed by atoms with Crippen molar-refractivity contribution in [2.24, 2.45) is 0 Å². The van der Waals surface area contributed by atoms with Crippen LogP contribution in [0.5, 0.6) is 0 Å². The maximum absolute atomic E-state index is 13.6. The van der Waals surface area contributed by atoms with Crippen LogP contribution in [0.3, 0.4) is 0 Å². The van der Waals surface area contributed by atoms with Crippen molar-refractivity contribution < 1.29 is 34.3 Å². The Morgan fingerprint density at radius 1 is 0.857 bits per heavy atom. The number of nitrogens with one attached hydrogen (secondary N) is 2. The van der Waals surface area contributed by atoms with E-state index in [9.17, 15) is 34.3 Å². The van der Waals surface area contributed by atoms with Gasteiger partial charge in [0, 0.05) is 0 Å². The van der Waals surface area contributed by atoms with Crippen molar-refractivity contribution in [2.75, 3.05) is 0 Å². The lowest BCUT2D eigenvalue weighted by atomic mass is 10.1. The first-order chi connectivity index (χ1) is 9.46. The van der Waals surface area contributed by atoms with Gasteiger partial charge in [0.2, 0.25) is 11.6 Å². The molecule has 21 heavy (non-hydrogen) atoms. The van der Waals surface area contributed by atoms with E-state index >= 15 is 0 Å². The Bertz CT molecular complexity index is 768. The van der Waals surface area contributed by atoms with Crippen LogP contribution in [0.25, 0.3) is 0 Å². The fourth-order valence-electron chi connectivity index (χ4n) is 1.18. The smallest absolute Gasteiger partial charge is 0.308 e. The van der Waals surface area contributed by atoms with Gasteiger partial charge >= 0.3 is 28.1 Å². The molecule has 0 aliphatic rings. The minimum atomic E-state index is -5.55. The predicted molar refractivity (Wildman–Crippen MR) is 48.8 cm³/mol. The van der Waals surface area contributed by atoms with E-state index in [2.05, 4.69) is 20.4 Å². The first-order valence-corrected chi connectivity index (χ1v) is 6.06. The summed E-state index contributed by atoms with van der Waals surface area (Å²) >= 11 is 0. The zero-order valence-corrected chi connectivity index (χ0v) is 10.1. The highest BCUT2D eigenvalue weighted by atomic mass is 32.3. The van der Waals surface area contributed by atoms with Crippen molar-refractivity contribution in [1.82, 2.24) is 30.4 Å². The van der Waals surface area contributed by atoms with Crippen molar-refractivity contribution >= 4 is 10.2 Å². The second-order valence-electron chi connectivity index (χ2n) is 3.53. The number of halogens is 6. The number of nitrogens with zero attached hydrogens (tertiary/aromatic N) is 4. The van der Waals surface area contributed by atoms with Gasteiger partial charge in [-0.1, -0.05) is 8.98 Å². The normalized spacial score (nSPS) is 13.6. The highest BCUT2D eigenvalue weighted by molar-refractivity contribution is 7.86. The highest BCUT2D eigenvalue weighted by Crippen LogP contribution is 2.47. The van der Waals surface area contributed by atoms with Crippen molar-refractivity contribution in [1.29, 1.82) is 0 Å². The van der Waals surface area contributed by atoms with Crippen molar-refractivity contribution in [2.45, 2.75) is 17.0 Å². The van der Waals surface area contributed by atoms with Crippen LogP contribution >= 0.6 is 0 Å². The third-order valence-electron chi connectivity index (χ3n) is 2.15. The average Bonchev–Trinajstić information content (AvgIpc) is 2.95. The molecule has 2 aromatic rings. The Hall–Kier alpha value is -2.19. The van der Waals surface area contributed by atoms with E-state index in [-0.39, 0.29) is 0 Å². The molecule has 2 N–H and O–H groups in total. The molecule has 116 valence electrons. The zero-order chi connectivity index (χ0) is 16.1. The molecule has 15 heteroatoms. The topological polar surface area (TPSA) is 117 Å². The third-order valence-corrected chi connectivity index (χ3v) is 2.79. The molecule has 0 amide bonds. The van der Waals surface area contributed by atoms with Gasteiger partial charge in [0.15, 0.2) is 0 Å². The van der Waals surface area contributed by atoms with E-state index in [1.807, 2.05) is 0 Å². The minimum absolute atomic E-state index is 1.11. The maximum atomic E-state index is 13.6. The summed E-state index contributed by atoms with van der Waals surface area (Å²) in [6, 6.07) is 0. The number of alkyl halides is 4. The molecule has 0 unspecified atom stereocenters. The Morgan fingerprint density at radius 2 is 1.33 bits per heavy atom. The number of hydrogen-bond acceptors (Lipinski definition) is 6. The van der Waals surface area contributed by atoms with Gasteiger partial charge in [-0.05, 0) is 0 Å². The summed E-state index contributed by atoms with van der Waals surface area (Å²) in [4.78, 5) is 2.26. The summed E-state index contributed by atoms with van der Waals surface area (Å²) in [6.45, 7) is 0. The lowest BCUT2D eigenvalue weighted by molar-refractivity contribution is -0.232. The molecule has 0 radical (unpaired) electrons. The van der Waals surface area contributed by atoms with E-state index in [0.29, 0.717) is 0 Å². The van der Waals surface area contributed by atoms with E-state index in [4.69, 9.17) is 0 Å². The standard InChI is InChI=1S/C6H2F6N6O2S/c7-3-13-1(15-17-3)5(8,9)6(10,11)2-14-4(18-16-2)21(12,19)20/h(H,13,15,17)(H,14,16,18). The van der Waals surface area contributed by atoms with Crippen LogP contribution in [-0.4, -0.2) is 38.8 Å². The van der Waals surface area contributed by atoms with Crippen LogP contribution < -0.4 is 0 Å². The van der Waals surface area contributed by atoms with Crippen LogP contribution in [0.2, 0.25) is 0 Å². The largest absolute Gasteiger partial charge is 0.376 e. The molecule has 0 bridgehead atoms. The summed E-state index contributed by atoms with van der Waals surface area (Å²) in [7, 11) is -5.55. The molecule has 0 fully saturated rings. The van der Waals surface area contributed by atoms with Gasteiger partial charge in [-0.25, -0.2) is 0 Å². The molecule has 2 rings (SSSR count). The molecule has 0 aliphatic carbocycles. The van der Waals surface area contributed by atoms with Crippen molar-refractivity contribution in [3.05, 3.63) is 17.7 Å². The maximum Gasteiger partial charge on any atom is 0.376 e. The highest BCUT2D eigenvalue weighted by Gasteiger charge is 2.63. The SMILES string of the molecule is O=S(=O)(F)c1nnc(C(F)(F)C(F)(F)c2nnc(F)[nH]2)[nH]1. The average molecular weight is 336 g/mol. The Balaban J connectivity index is 2.48. The quantitative estimate of drug-likeness (QED) is 0.624. The number of aromatic nitrogens is 6. The molecule has 0 saturated heterocycles. The second kappa shape index (κ2) is 4.40. The van der Waals surface area contributed by atoms with Gasteiger partial charge in [0.1, 0.15) is 0 Å². The minimum Gasteiger partial charge on any atom is -0.308 e. The van der Waals surface area contributed by atoms with Gasteiger partial charge in [-0.15, -0.1) is 15.3 Å². The molecule has 0 spiro atoms. The Labute approximate surface area is 110 Å². The second-order valence-corrected chi connectivity index (χ2v) is 4.79. The number of hydrogen-bond donors (Lipinski definition) is 2. The van der Waals surface area contributed by atoms with Crippen LogP contribution in [-0.2, 0) is 22.1 Å². The summed E-state index contributed by atoms with van der Waals surface area (Å²) in [6.07, 6.45) is -1.65. The molecule has 0 saturated carbocycles. The van der Waals surface area contributed by atoms with E-state index in [1.54, 1.807) is 0 Å². The van der Waals surface area contributed by atoms with Crippen LogP contribution in [0.1, 0.15) is 11.6 Å². The van der Waals surface area contributed by atoms with Gasteiger partial charge in [-0.3, -0.25) is 4.98 Å². The summed E-state index contributed by atoms with van der Waals surface area (Å²) in [5.74, 6) is -14.2. The number of rotatable bonds is 4. The number of H-pyrrole nitrogens is 2. The number of aromatic amines is 2. The van der Waals surface area contributed by atoms with Gasteiger partial charge in [-0.2, -0.15) is 30.4 Å². The predicted octanol–water partition coefficient (Wildman–Crippen LogP) is 0.604. The molecular weight excluding hydrogens is 334 g/mol. The third kappa shape index (κ3) is 2.43. The van der Waals surface area contributed by atoms with Crippen LogP contribution in [0, 0.1) is 6.08 Å². The first-order valence-electron chi connectivity index (χ1n) is 4.68. The molecular formula is C6H2F6N6O2S. The molecule has 8 nitrogen and oxygen atoms in total. The summed E-state index contributed by atoms with van der Waals surface area (Å²) in [5.41, 5.74) is 0. The summed E-state index contributed by atoms with van der Waals surface area (Å²) in [5, 5.41) is 8.14. The van der Waals surface area contributed by atoms with Gasteiger partial charge in [0.05, 0.1) is 0 Å². The molecule has 0 aliphatic heterocycles. The lowest BCUT2D eigenvalue weighted by Gasteiger charge is -2.21. The van der Waals surface area contributed by atoms with Crippen LogP contribution in [0.15, 0.2) is 5.16 Å². The van der Waals surface area contributed by atoms with Gasteiger partial charge in [0.25, 0.3) is 5.16 Å². The molecule has 0 atom stereocenters. The summed E-state index contributed by atoms with van der Waals surface area (Å²) < 4.78 is 100. The first kappa shape index (κ1) is 15.2. The van der Waals surface area contributed by atoms with E-state index in [0.717, 1.165) is 9.97 Å². The van der Waals surface area contributed by atoms with Crippen LogP contribution in [0.4, 0.5) is 25.8 Å².